The number of aliphatic hydroxyl groups excluding tert-OH is 1. The molecule has 120 valence electrons. The van der Waals surface area contributed by atoms with Crippen LogP contribution >= 0.6 is 0 Å². The van der Waals surface area contributed by atoms with Crippen LogP contribution < -0.4 is 0 Å². The molecular weight excluding hydrogens is 290 g/mol. The van der Waals surface area contributed by atoms with E-state index < -0.39 is 10.0 Å². The van der Waals surface area contributed by atoms with E-state index in [2.05, 4.69) is 0 Å². The van der Waals surface area contributed by atoms with Gasteiger partial charge in [0.25, 0.3) is 0 Å². The third kappa shape index (κ3) is 3.33. The van der Waals surface area contributed by atoms with Crippen molar-refractivity contribution in [3.05, 3.63) is 17.1 Å². The summed E-state index contributed by atoms with van der Waals surface area (Å²) in [5, 5.41) is 9.44. The van der Waals surface area contributed by atoms with Crippen LogP contribution in [-0.4, -0.2) is 31.4 Å². The summed E-state index contributed by atoms with van der Waals surface area (Å²) in [5.41, 5.74) is 0.378. The van der Waals surface area contributed by atoms with Crippen LogP contribution in [0.5, 0.6) is 0 Å². The summed E-state index contributed by atoms with van der Waals surface area (Å²) >= 11 is 0. The molecule has 0 aliphatic heterocycles. The minimum atomic E-state index is -3.61. The molecule has 0 unspecified atom stereocenters. The molecule has 1 N–H and O–H groups in total. The third-order valence-electron chi connectivity index (χ3n) is 4.39. The first-order valence-corrected chi connectivity index (χ1v) is 8.98. The highest BCUT2D eigenvalue weighted by Crippen LogP contribution is 2.31. The predicted molar refractivity (Wildman–Crippen MR) is 80.5 cm³/mol. The van der Waals surface area contributed by atoms with Crippen molar-refractivity contribution in [1.29, 1.82) is 0 Å². The van der Waals surface area contributed by atoms with Gasteiger partial charge in [0.15, 0.2) is 0 Å². The van der Waals surface area contributed by atoms with Gasteiger partial charge in [-0.2, -0.15) is 0 Å². The van der Waals surface area contributed by atoms with E-state index in [4.69, 9.17) is 4.42 Å². The van der Waals surface area contributed by atoms with Crippen LogP contribution in [0.15, 0.2) is 9.31 Å². The van der Waals surface area contributed by atoms with E-state index >= 15 is 0 Å². The van der Waals surface area contributed by atoms with Crippen LogP contribution in [0.3, 0.4) is 0 Å². The van der Waals surface area contributed by atoms with Gasteiger partial charge >= 0.3 is 0 Å². The van der Waals surface area contributed by atoms with Gasteiger partial charge in [-0.3, -0.25) is 0 Å². The zero-order valence-electron chi connectivity index (χ0n) is 13.1. The molecule has 0 bridgehead atoms. The third-order valence-corrected chi connectivity index (χ3v) is 6.41. The van der Waals surface area contributed by atoms with Gasteiger partial charge in [-0.25, -0.2) is 12.7 Å². The summed E-state index contributed by atoms with van der Waals surface area (Å²) in [6, 6.07) is 0. The van der Waals surface area contributed by atoms with Gasteiger partial charge in [-0.1, -0.05) is 19.3 Å². The van der Waals surface area contributed by atoms with Crippen LogP contribution in [-0.2, 0) is 16.6 Å². The first-order chi connectivity index (χ1) is 9.87. The lowest BCUT2D eigenvalue weighted by atomic mass is 9.89. The topological polar surface area (TPSA) is 70.8 Å². The number of sulfonamides is 1. The lowest BCUT2D eigenvalue weighted by Gasteiger charge is -2.26. The number of rotatable bonds is 5. The molecule has 1 aliphatic rings. The van der Waals surface area contributed by atoms with Crippen molar-refractivity contribution in [3.63, 3.8) is 0 Å². The zero-order valence-corrected chi connectivity index (χ0v) is 13.9. The summed E-state index contributed by atoms with van der Waals surface area (Å²) in [4.78, 5) is 0.140. The Kier molecular flexibility index (Phi) is 5.11. The Hall–Kier alpha value is -0.850. The molecular formula is C15H25NO4S. The van der Waals surface area contributed by atoms with Gasteiger partial charge in [0.1, 0.15) is 16.4 Å². The Balaban J connectivity index is 2.24. The quantitative estimate of drug-likeness (QED) is 0.906. The van der Waals surface area contributed by atoms with E-state index in [9.17, 15) is 13.5 Å². The normalized spacial score (nSPS) is 17.6. The van der Waals surface area contributed by atoms with E-state index in [0.29, 0.717) is 29.5 Å². The fourth-order valence-corrected chi connectivity index (χ4v) is 4.86. The maximum Gasteiger partial charge on any atom is 0.246 e. The number of aliphatic hydroxyl groups is 1. The molecule has 0 amide bonds. The maximum absolute atomic E-state index is 12.8. The Morgan fingerprint density at radius 2 is 1.81 bits per heavy atom. The second-order valence-electron chi connectivity index (χ2n) is 5.97. The van der Waals surface area contributed by atoms with Crippen molar-refractivity contribution in [2.75, 3.05) is 13.6 Å². The van der Waals surface area contributed by atoms with Gasteiger partial charge in [-0.15, -0.1) is 0 Å². The molecule has 1 aromatic rings. The zero-order chi connectivity index (χ0) is 15.6. The smallest absolute Gasteiger partial charge is 0.246 e. The molecule has 1 aliphatic carbocycles. The molecule has 0 radical (unpaired) electrons. The SMILES string of the molecule is Cc1oc(C)c(S(=O)(=O)N(C)CC2CCCCC2)c1CO. The van der Waals surface area contributed by atoms with E-state index in [0.717, 1.165) is 12.8 Å². The molecule has 1 saturated carbocycles. The van der Waals surface area contributed by atoms with Crippen LogP contribution in [0.2, 0.25) is 0 Å². The number of nitrogens with zero attached hydrogens (tertiary/aromatic N) is 1. The molecule has 2 rings (SSSR count). The molecule has 21 heavy (non-hydrogen) atoms. The largest absolute Gasteiger partial charge is 0.465 e. The molecule has 0 aromatic carbocycles. The molecule has 0 spiro atoms. The first-order valence-electron chi connectivity index (χ1n) is 7.54. The summed E-state index contributed by atoms with van der Waals surface area (Å²) in [6.07, 6.45) is 5.81. The predicted octanol–water partition coefficient (Wildman–Crippen LogP) is 2.59. The fraction of sp³-hybridized carbons (Fsp3) is 0.733. The Morgan fingerprint density at radius 1 is 1.19 bits per heavy atom. The van der Waals surface area contributed by atoms with Gasteiger partial charge < -0.3 is 9.52 Å². The lowest BCUT2D eigenvalue weighted by molar-refractivity contribution is 0.275. The Morgan fingerprint density at radius 3 is 2.38 bits per heavy atom. The minimum Gasteiger partial charge on any atom is -0.465 e. The summed E-state index contributed by atoms with van der Waals surface area (Å²) in [7, 11) is -1.99. The number of hydrogen-bond donors (Lipinski definition) is 1. The molecule has 0 atom stereocenters. The van der Waals surface area contributed by atoms with Gasteiger partial charge in [0.05, 0.1) is 6.61 Å². The molecule has 5 nitrogen and oxygen atoms in total. The monoisotopic (exact) mass is 315 g/mol. The van der Waals surface area contributed by atoms with Crippen LogP contribution in [0.1, 0.15) is 49.2 Å². The summed E-state index contributed by atoms with van der Waals surface area (Å²) in [6.45, 7) is 3.53. The molecule has 6 heteroatoms. The standard InChI is InChI=1S/C15H25NO4S/c1-11-14(10-17)15(12(2)20-11)21(18,19)16(3)9-13-7-5-4-6-8-13/h13,17H,4-10H2,1-3H3. The van der Waals surface area contributed by atoms with E-state index in [1.54, 1.807) is 20.9 Å². The van der Waals surface area contributed by atoms with Crippen LogP contribution in [0.25, 0.3) is 0 Å². The Labute approximate surface area is 127 Å². The van der Waals surface area contributed by atoms with Crippen molar-refractivity contribution in [2.24, 2.45) is 5.92 Å². The first kappa shape index (κ1) is 16.5. The molecule has 0 saturated heterocycles. The van der Waals surface area contributed by atoms with E-state index in [1.165, 1.54) is 23.6 Å². The fourth-order valence-electron chi connectivity index (χ4n) is 3.22. The number of aryl methyl sites for hydroxylation is 2. The summed E-state index contributed by atoms with van der Waals surface area (Å²) < 4.78 is 32.4. The van der Waals surface area contributed by atoms with Crippen molar-refractivity contribution >= 4 is 10.0 Å². The molecule has 1 heterocycles. The van der Waals surface area contributed by atoms with Gasteiger partial charge in [0.2, 0.25) is 10.0 Å². The van der Waals surface area contributed by atoms with Crippen LogP contribution in [0, 0.1) is 19.8 Å². The average Bonchev–Trinajstić information content (AvgIpc) is 2.74. The van der Waals surface area contributed by atoms with Crippen molar-refractivity contribution in [1.82, 2.24) is 4.31 Å². The molecule has 1 fully saturated rings. The van der Waals surface area contributed by atoms with Crippen molar-refractivity contribution in [3.8, 4) is 0 Å². The van der Waals surface area contributed by atoms with E-state index in [-0.39, 0.29) is 11.5 Å². The van der Waals surface area contributed by atoms with Crippen molar-refractivity contribution in [2.45, 2.75) is 57.5 Å². The highest BCUT2D eigenvalue weighted by molar-refractivity contribution is 7.89. The highest BCUT2D eigenvalue weighted by Gasteiger charge is 2.31. The second kappa shape index (κ2) is 6.50. The van der Waals surface area contributed by atoms with Gasteiger partial charge in [0, 0.05) is 19.2 Å². The average molecular weight is 315 g/mol. The number of furan rings is 1. The van der Waals surface area contributed by atoms with Crippen molar-refractivity contribution < 1.29 is 17.9 Å². The summed E-state index contributed by atoms with van der Waals surface area (Å²) in [5.74, 6) is 1.26. The number of hydrogen-bond acceptors (Lipinski definition) is 4. The second-order valence-corrected chi connectivity index (χ2v) is 7.95. The van der Waals surface area contributed by atoms with Gasteiger partial charge in [-0.05, 0) is 32.6 Å². The maximum atomic E-state index is 12.8. The van der Waals surface area contributed by atoms with Crippen LogP contribution in [0.4, 0.5) is 0 Å². The molecule has 1 aromatic heterocycles. The van der Waals surface area contributed by atoms with E-state index in [1.807, 2.05) is 0 Å². The lowest BCUT2D eigenvalue weighted by Crippen LogP contribution is -2.33. The highest BCUT2D eigenvalue weighted by atomic mass is 32.2. The minimum absolute atomic E-state index is 0.140. The Bertz CT molecular complexity index is 585.